The monoisotopic (exact) mass is 852 g/mol. The summed E-state index contributed by atoms with van der Waals surface area (Å²) in [5, 5.41) is 56.6. The summed E-state index contributed by atoms with van der Waals surface area (Å²) in [5.41, 5.74) is 7.19. The van der Waals surface area contributed by atoms with Gasteiger partial charge in [0.15, 0.2) is 0 Å². The molecule has 4 heterocycles. The van der Waals surface area contributed by atoms with E-state index in [2.05, 4.69) is 41.5 Å². The summed E-state index contributed by atoms with van der Waals surface area (Å²) in [6, 6.07) is 26.8. The number of furan rings is 2. The Labute approximate surface area is 337 Å². The molecule has 0 spiro atoms. The number of nitrogens with two attached hydrogens (primary N) is 1. The largest absolute Gasteiger partial charge is 0.459 e. The lowest BCUT2D eigenvalue weighted by molar-refractivity contribution is -0.0437. The van der Waals surface area contributed by atoms with Gasteiger partial charge in [-0.25, -0.2) is 0 Å². The van der Waals surface area contributed by atoms with Crippen LogP contribution in [0.2, 0.25) is 5.02 Å². The maximum absolute atomic E-state index is 11.1. The normalized spacial score (nSPS) is 13.9. The summed E-state index contributed by atoms with van der Waals surface area (Å²) >= 11 is 9.62. The summed E-state index contributed by atoms with van der Waals surface area (Å²) in [6.07, 6.45) is 1.80. The van der Waals surface area contributed by atoms with Crippen molar-refractivity contribution in [3.05, 3.63) is 129 Å². The lowest BCUT2D eigenvalue weighted by Crippen LogP contribution is -2.66. The Bertz CT molecular complexity index is 2740. The second-order valence-corrected chi connectivity index (χ2v) is 14.8. The van der Waals surface area contributed by atoms with Crippen molar-refractivity contribution in [1.29, 1.82) is 0 Å². The minimum Gasteiger partial charge on any atom is -0.459 e. The molecule has 4 aromatic heterocycles. The van der Waals surface area contributed by atoms with Gasteiger partial charge in [-0.1, -0.05) is 51.7 Å². The van der Waals surface area contributed by atoms with Crippen LogP contribution < -0.4 is 11.1 Å². The van der Waals surface area contributed by atoms with Crippen LogP contribution in [0.25, 0.3) is 68.3 Å². The predicted molar refractivity (Wildman–Crippen MR) is 215 cm³/mol. The van der Waals surface area contributed by atoms with Crippen molar-refractivity contribution in [3.63, 3.8) is 0 Å². The summed E-state index contributed by atoms with van der Waals surface area (Å²) in [5.74, 6) is 1.31. The Hall–Kier alpha value is -5.49. The van der Waals surface area contributed by atoms with E-state index in [4.69, 9.17) is 35.2 Å². The first-order valence-electron chi connectivity index (χ1n) is 17.5. The fraction of sp³-hybridized carbons (Fsp3) is 0.171. The van der Waals surface area contributed by atoms with Crippen molar-refractivity contribution in [2.45, 2.75) is 24.2 Å². The number of aliphatic hydroxyl groups excluding tert-OH is 4. The van der Waals surface area contributed by atoms with Crippen molar-refractivity contribution >= 4 is 61.6 Å². The molecular weight excluding hydrogens is 820 g/mol. The molecule has 0 bridgehead atoms. The summed E-state index contributed by atoms with van der Waals surface area (Å²) < 4.78 is 24.0. The summed E-state index contributed by atoms with van der Waals surface area (Å²) in [7, 11) is 0. The van der Waals surface area contributed by atoms with Crippen LogP contribution in [-0.4, -0.2) is 66.8 Å². The molecule has 0 saturated heterocycles. The Morgan fingerprint density at radius 1 is 0.754 bits per heavy atom. The van der Waals surface area contributed by atoms with Gasteiger partial charge in [0.05, 0.1) is 24.8 Å². The zero-order valence-electron chi connectivity index (χ0n) is 30.1. The fourth-order valence-corrected chi connectivity index (χ4v) is 6.87. The van der Waals surface area contributed by atoms with Gasteiger partial charge in [-0.3, -0.25) is 5.32 Å². The molecule has 14 nitrogen and oxygen atoms in total. The molecule has 290 valence electrons. The van der Waals surface area contributed by atoms with Crippen molar-refractivity contribution in [2.24, 2.45) is 5.73 Å². The number of aryl methyl sites for hydroxylation is 1. The van der Waals surface area contributed by atoms with Gasteiger partial charge in [-0.2, -0.15) is 9.97 Å². The topological polar surface area (TPSA) is 223 Å². The average Bonchev–Trinajstić information content (AvgIpc) is 4.05. The minimum absolute atomic E-state index is 0.0134. The van der Waals surface area contributed by atoms with Crippen molar-refractivity contribution in [1.82, 2.24) is 25.6 Å². The molecule has 8 rings (SSSR count). The minimum atomic E-state index is -1.96. The van der Waals surface area contributed by atoms with Crippen LogP contribution in [0.3, 0.4) is 0 Å². The highest BCUT2D eigenvalue weighted by Crippen LogP contribution is 2.38. The number of benzene rings is 4. The van der Waals surface area contributed by atoms with E-state index >= 15 is 0 Å². The Morgan fingerprint density at radius 3 is 2.00 bits per heavy atom. The van der Waals surface area contributed by atoms with Crippen LogP contribution in [0.4, 0.5) is 0 Å². The van der Waals surface area contributed by atoms with Gasteiger partial charge in [0.1, 0.15) is 40.0 Å². The van der Waals surface area contributed by atoms with Crippen LogP contribution in [0.15, 0.2) is 113 Å². The lowest BCUT2D eigenvalue weighted by atomic mass is 9.87. The Balaban J connectivity index is 1.08. The molecular formula is C41H34BrClN6O8. The van der Waals surface area contributed by atoms with Gasteiger partial charge in [-0.15, -0.1) is 0 Å². The molecule has 0 aliphatic rings. The molecule has 7 N–H and O–H groups in total. The molecule has 4 aromatic carbocycles. The first-order valence-corrected chi connectivity index (χ1v) is 18.7. The maximum atomic E-state index is 11.1. The van der Waals surface area contributed by atoms with Gasteiger partial charge < -0.3 is 44.0 Å². The van der Waals surface area contributed by atoms with Crippen LogP contribution in [0.1, 0.15) is 28.5 Å². The number of nitrogens with zero attached hydrogens (tertiary/aromatic N) is 4. The van der Waals surface area contributed by atoms with Crippen LogP contribution in [0.5, 0.6) is 0 Å². The quantitative estimate of drug-likeness (QED) is 0.0659. The van der Waals surface area contributed by atoms with Crippen LogP contribution in [0, 0.1) is 6.92 Å². The Kier molecular flexibility index (Phi) is 10.4. The summed E-state index contributed by atoms with van der Waals surface area (Å²) in [4.78, 5) is 9.01. The third-order valence-corrected chi connectivity index (χ3v) is 11.0. The second kappa shape index (κ2) is 15.5. The number of hydrogen-bond acceptors (Lipinski definition) is 14. The molecule has 8 aromatic rings. The van der Waals surface area contributed by atoms with Gasteiger partial charge in [0.2, 0.25) is 11.6 Å². The molecule has 0 radical (unpaired) electrons. The highest BCUT2D eigenvalue weighted by molar-refractivity contribution is 9.10. The van der Waals surface area contributed by atoms with E-state index in [-0.39, 0.29) is 17.4 Å². The first kappa shape index (κ1) is 38.4. The first-order chi connectivity index (χ1) is 27.5. The number of aromatic nitrogens is 4. The molecule has 2 atom stereocenters. The summed E-state index contributed by atoms with van der Waals surface area (Å²) in [6.45, 7) is -0.266. The number of nitrogens with one attached hydrogen (secondary N) is 1. The van der Waals surface area contributed by atoms with Gasteiger partial charge in [0, 0.05) is 38.0 Å². The van der Waals surface area contributed by atoms with E-state index in [1.807, 2.05) is 37.3 Å². The predicted octanol–water partition coefficient (Wildman–Crippen LogP) is 6.78. The number of hydrogen-bond donors (Lipinski definition) is 6. The van der Waals surface area contributed by atoms with E-state index < -0.39 is 37.1 Å². The molecule has 57 heavy (non-hydrogen) atoms. The molecule has 0 fully saturated rings. The SMILES string of the molecule is Cc1ccc(C=Cc2nc(-c3ccc4oc(C(CO)(CO)NC(CO)(c5cc6cc(-c7noc(-c8ccc(Br)c(Cl)c8)n7)ccc6o5)C(N)O)cc4c3)no2)cc1. The van der Waals surface area contributed by atoms with Crippen LogP contribution in [-0.2, 0) is 11.1 Å². The van der Waals surface area contributed by atoms with E-state index in [9.17, 15) is 20.4 Å². The average molecular weight is 854 g/mol. The van der Waals surface area contributed by atoms with E-state index in [1.54, 1.807) is 72.8 Å². The van der Waals surface area contributed by atoms with E-state index in [0.29, 0.717) is 61.2 Å². The maximum Gasteiger partial charge on any atom is 0.258 e. The van der Waals surface area contributed by atoms with E-state index in [0.717, 1.165) is 15.6 Å². The fourth-order valence-electron chi connectivity index (χ4n) is 6.44. The molecule has 2 unspecified atom stereocenters. The standard InChI is InChI=1S/C41H34BrClN6O8/c1-22-2-4-23(5-3-22)6-13-35-45-36(47-56-35)24-8-11-31-27(14-24)17-33(54-31)40(19-50,20-51)49-41(21-52,39(44)53)34-18-28-15-25(9-12-32(28)55-34)37-46-38(57-48-37)26-7-10-29(42)30(43)16-26/h2-18,39,49-53H,19-21,44H2,1H3. The van der Waals surface area contributed by atoms with Crippen molar-refractivity contribution in [3.8, 4) is 34.2 Å². The molecule has 0 saturated carbocycles. The van der Waals surface area contributed by atoms with Crippen molar-refractivity contribution < 1.29 is 38.3 Å². The number of aliphatic hydroxyl groups is 4. The van der Waals surface area contributed by atoms with Gasteiger partial charge in [-0.05, 0) is 101 Å². The highest BCUT2D eigenvalue weighted by atomic mass is 79.9. The van der Waals surface area contributed by atoms with Gasteiger partial charge >= 0.3 is 0 Å². The number of halogens is 2. The zero-order valence-corrected chi connectivity index (χ0v) is 32.4. The third kappa shape index (κ3) is 7.31. The zero-order chi connectivity index (χ0) is 39.9. The molecule has 16 heteroatoms. The van der Waals surface area contributed by atoms with Crippen molar-refractivity contribution in [2.75, 3.05) is 19.8 Å². The Morgan fingerprint density at radius 2 is 1.37 bits per heavy atom. The number of fused-ring (bicyclic) bond motifs is 2. The number of rotatable bonds is 13. The van der Waals surface area contributed by atoms with E-state index in [1.165, 1.54) is 0 Å². The van der Waals surface area contributed by atoms with Crippen LogP contribution >= 0.6 is 27.5 Å². The lowest BCUT2D eigenvalue weighted by Gasteiger charge is -2.41. The highest BCUT2D eigenvalue weighted by Gasteiger charge is 2.49. The second-order valence-electron chi connectivity index (χ2n) is 13.6. The molecule has 0 amide bonds. The smallest absolute Gasteiger partial charge is 0.258 e. The van der Waals surface area contributed by atoms with Gasteiger partial charge in [0.25, 0.3) is 11.8 Å². The molecule has 0 aliphatic heterocycles. The molecule has 0 aliphatic carbocycles. The third-order valence-electron chi connectivity index (χ3n) is 9.75.